The van der Waals surface area contributed by atoms with Gasteiger partial charge in [0.25, 0.3) is 0 Å². The second-order valence-corrected chi connectivity index (χ2v) is 9.83. The van der Waals surface area contributed by atoms with Crippen LogP contribution in [0.1, 0.15) is 74.7 Å². The molecular formula is C24H42O5. The van der Waals surface area contributed by atoms with Gasteiger partial charge >= 0.3 is 11.9 Å². The van der Waals surface area contributed by atoms with Crippen molar-refractivity contribution in [2.75, 3.05) is 6.61 Å². The summed E-state index contributed by atoms with van der Waals surface area (Å²) in [4.78, 5) is 24.7. The predicted octanol–water partition coefficient (Wildman–Crippen LogP) is 4.77. The smallest absolute Gasteiger partial charge is 0.334 e. The molecule has 5 nitrogen and oxygen atoms in total. The van der Waals surface area contributed by atoms with E-state index in [0.717, 1.165) is 6.42 Å². The van der Waals surface area contributed by atoms with E-state index in [0.29, 0.717) is 48.0 Å². The van der Waals surface area contributed by atoms with Crippen molar-refractivity contribution in [1.29, 1.82) is 0 Å². The summed E-state index contributed by atoms with van der Waals surface area (Å²) in [6.45, 7) is 16.8. The maximum Gasteiger partial charge on any atom is 0.334 e. The molecular weight excluding hydrogens is 368 g/mol. The standard InChI is InChI=1S/C24H42O5/c1-14(2)19(15(3)4)10-9-18-11-21(29-24(18)27)22(13-25)28-23(26)12-20(16(5)6)17(7)8/h9,14-17,19-22,25H,10-13H2,1-8H3/b18-9+/t21-,22-/m1/s1. The first-order valence-corrected chi connectivity index (χ1v) is 11.2. The second-order valence-electron chi connectivity index (χ2n) is 9.83. The Morgan fingerprint density at radius 2 is 1.55 bits per heavy atom. The molecule has 0 aromatic carbocycles. The van der Waals surface area contributed by atoms with E-state index in [2.05, 4.69) is 55.4 Å². The zero-order valence-corrected chi connectivity index (χ0v) is 19.6. The van der Waals surface area contributed by atoms with Crippen molar-refractivity contribution in [2.45, 2.75) is 86.9 Å². The van der Waals surface area contributed by atoms with E-state index in [1.807, 2.05) is 6.08 Å². The van der Waals surface area contributed by atoms with Crippen molar-refractivity contribution in [2.24, 2.45) is 35.5 Å². The molecule has 1 aliphatic rings. The Bertz CT molecular complexity index is 546. The number of hydrogen-bond acceptors (Lipinski definition) is 5. The van der Waals surface area contributed by atoms with Gasteiger partial charge < -0.3 is 14.6 Å². The van der Waals surface area contributed by atoms with Gasteiger partial charge in [0, 0.05) is 18.4 Å². The van der Waals surface area contributed by atoms with Gasteiger partial charge in [-0.15, -0.1) is 0 Å². The molecule has 0 spiro atoms. The summed E-state index contributed by atoms with van der Waals surface area (Å²) in [5.74, 6) is 1.79. The summed E-state index contributed by atoms with van der Waals surface area (Å²) in [6, 6.07) is 0. The number of esters is 2. The molecule has 2 atom stereocenters. The molecule has 0 aromatic rings. The van der Waals surface area contributed by atoms with Crippen LogP contribution >= 0.6 is 0 Å². The van der Waals surface area contributed by atoms with Crippen LogP contribution in [-0.4, -0.2) is 35.9 Å². The lowest BCUT2D eigenvalue weighted by Crippen LogP contribution is -2.35. The Balaban J connectivity index is 2.73. The number of hydrogen-bond donors (Lipinski definition) is 1. The molecule has 1 rings (SSSR count). The fourth-order valence-corrected chi connectivity index (χ4v) is 4.40. The fraction of sp³-hybridized carbons (Fsp3) is 0.833. The number of rotatable bonds is 11. The monoisotopic (exact) mass is 410 g/mol. The molecule has 1 N–H and O–H groups in total. The van der Waals surface area contributed by atoms with Crippen LogP contribution in [0.25, 0.3) is 0 Å². The Morgan fingerprint density at radius 1 is 1.03 bits per heavy atom. The molecule has 168 valence electrons. The van der Waals surface area contributed by atoms with Crippen molar-refractivity contribution >= 4 is 11.9 Å². The number of carbonyl (C=O) groups is 2. The zero-order chi connectivity index (χ0) is 22.3. The van der Waals surface area contributed by atoms with E-state index >= 15 is 0 Å². The highest BCUT2D eigenvalue weighted by Crippen LogP contribution is 2.30. The first kappa shape index (κ1) is 25.7. The summed E-state index contributed by atoms with van der Waals surface area (Å²) >= 11 is 0. The van der Waals surface area contributed by atoms with E-state index in [1.54, 1.807) is 0 Å². The Morgan fingerprint density at radius 3 is 2.00 bits per heavy atom. The third-order valence-corrected chi connectivity index (χ3v) is 6.28. The molecule has 0 radical (unpaired) electrons. The minimum Gasteiger partial charge on any atom is -0.456 e. The number of aliphatic hydroxyl groups excluding tert-OH is 1. The van der Waals surface area contributed by atoms with Gasteiger partial charge in [-0.25, -0.2) is 4.79 Å². The van der Waals surface area contributed by atoms with Crippen LogP contribution in [0.5, 0.6) is 0 Å². The lowest BCUT2D eigenvalue weighted by atomic mass is 9.82. The van der Waals surface area contributed by atoms with Gasteiger partial charge in [0.1, 0.15) is 6.10 Å². The van der Waals surface area contributed by atoms with E-state index in [9.17, 15) is 14.7 Å². The molecule has 0 bridgehead atoms. The number of allylic oxidation sites excluding steroid dienone is 1. The molecule has 5 heteroatoms. The van der Waals surface area contributed by atoms with Crippen LogP contribution in [0.4, 0.5) is 0 Å². The van der Waals surface area contributed by atoms with Crippen LogP contribution in [-0.2, 0) is 19.1 Å². The Labute approximate surface area is 177 Å². The highest BCUT2D eigenvalue weighted by Gasteiger charge is 2.37. The summed E-state index contributed by atoms with van der Waals surface area (Å²) in [5, 5.41) is 9.74. The number of aliphatic hydroxyl groups is 1. The summed E-state index contributed by atoms with van der Waals surface area (Å²) in [5.41, 5.74) is 0.623. The maximum absolute atomic E-state index is 12.4. The third kappa shape index (κ3) is 7.76. The van der Waals surface area contributed by atoms with Crippen LogP contribution in [0, 0.1) is 35.5 Å². The molecule has 1 saturated heterocycles. The van der Waals surface area contributed by atoms with Crippen LogP contribution in [0.3, 0.4) is 0 Å². The van der Waals surface area contributed by atoms with Crippen molar-refractivity contribution in [3.63, 3.8) is 0 Å². The molecule has 1 aliphatic heterocycles. The first-order valence-electron chi connectivity index (χ1n) is 11.2. The summed E-state index contributed by atoms with van der Waals surface area (Å²) in [6.07, 6.45) is 2.04. The number of carbonyl (C=O) groups excluding carboxylic acids is 2. The molecule has 0 unspecified atom stereocenters. The van der Waals surface area contributed by atoms with E-state index in [1.165, 1.54) is 0 Å². The second kappa shape index (κ2) is 11.7. The maximum atomic E-state index is 12.4. The van der Waals surface area contributed by atoms with Crippen molar-refractivity contribution < 1.29 is 24.2 Å². The first-order chi connectivity index (χ1) is 13.5. The van der Waals surface area contributed by atoms with Gasteiger partial charge in [-0.05, 0) is 41.9 Å². The van der Waals surface area contributed by atoms with Gasteiger partial charge in [-0.2, -0.15) is 0 Å². The molecule has 1 heterocycles. The minimum atomic E-state index is -0.816. The molecule has 1 fully saturated rings. The van der Waals surface area contributed by atoms with Crippen LogP contribution in [0.2, 0.25) is 0 Å². The van der Waals surface area contributed by atoms with Gasteiger partial charge in [0.05, 0.1) is 6.61 Å². The minimum absolute atomic E-state index is 0.215. The molecule has 0 saturated carbocycles. The number of cyclic esters (lactones) is 1. The highest BCUT2D eigenvalue weighted by molar-refractivity contribution is 5.90. The van der Waals surface area contributed by atoms with Crippen molar-refractivity contribution in [3.8, 4) is 0 Å². The lowest BCUT2D eigenvalue weighted by Gasteiger charge is -2.26. The zero-order valence-electron chi connectivity index (χ0n) is 19.6. The number of ether oxygens (including phenoxy) is 2. The van der Waals surface area contributed by atoms with Crippen LogP contribution in [0.15, 0.2) is 11.6 Å². The molecule has 0 amide bonds. The average Bonchev–Trinajstić information content (AvgIpc) is 2.97. The van der Waals surface area contributed by atoms with E-state index in [4.69, 9.17) is 9.47 Å². The Hall–Kier alpha value is -1.36. The van der Waals surface area contributed by atoms with Gasteiger partial charge in [-0.1, -0.05) is 61.5 Å². The lowest BCUT2D eigenvalue weighted by molar-refractivity contribution is -0.165. The van der Waals surface area contributed by atoms with Crippen LogP contribution < -0.4 is 0 Å². The Kier molecular flexibility index (Phi) is 10.4. The van der Waals surface area contributed by atoms with Crippen molar-refractivity contribution in [1.82, 2.24) is 0 Å². The molecule has 0 aromatic heterocycles. The van der Waals surface area contributed by atoms with E-state index < -0.39 is 12.2 Å². The summed E-state index contributed by atoms with van der Waals surface area (Å²) in [7, 11) is 0. The average molecular weight is 411 g/mol. The molecule has 0 aliphatic carbocycles. The summed E-state index contributed by atoms with van der Waals surface area (Å²) < 4.78 is 11.0. The van der Waals surface area contributed by atoms with Gasteiger partial charge in [0.2, 0.25) is 0 Å². The molecule has 29 heavy (non-hydrogen) atoms. The quantitative estimate of drug-likeness (QED) is 0.392. The highest BCUT2D eigenvalue weighted by atomic mass is 16.6. The van der Waals surface area contributed by atoms with Gasteiger partial charge in [-0.3, -0.25) is 4.79 Å². The van der Waals surface area contributed by atoms with E-state index in [-0.39, 0.29) is 24.5 Å². The fourth-order valence-electron chi connectivity index (χ4n) is 4.40. The topological polar surface area (TPSA) is 72.8 Å². The third-order valence-electron chi connectivity index (χ3n) is 6.28. The normalized spacial score (nSPS) is 20.0. The largest absolute Gasteiger partial charge is 0.456 e. The van der Waals surface area contributed by atoms with Gasteiger partial charge in [0.15, 0.2) is 6.10 Å². The van der Waals surface area contributed by atoms with Crippen molar-refractivity contribution in [3.05, 3.63) is 11.6 Å². The predicted molar refractivity (Wildman–Crippen MR) is 115 cm³/mol. The SMILES string of the molecule is CC(C)C(C/C=C1\C[C@H]([C@@H](CO)OC(=O)CC(C(C)C)C(C)C)OC1=O)C(C)C.